The molecule has 1 aromatic carbocycles. The summed E-state index contributed by atoms with van der Waals surface area (Å²) in [6.45, 7) is 2.77. The molecule has 0 aliphatic heterocycles. The molecule has 5 heteroatoms. The van der Waals surface area contributed by atoms with Crippen molar-refractivity contribution < 1.29 is 4.79 Å². The van der Waals surface area contributed by atoms with E-state index in [9.17, 15) is 4.79 Å². The second-order valence-electron chi connectivity index (χ2n) is 4.35. The van der Waals surface area contributed by atoms with Crippen LogP contribution in [0.1, 0.15) is 24.1 Å². The van der Waals surface area contributed by atoms with Crippen LogP contribution >= 0.6 is 0 Å². The third-order valence-corrected chi connectivity index (χ3v) is 3.09. The molecule has 0 saturated carbocycles. The summed E-state index contributed by atoms with van der Waals surface area (Å²) in [5.74, 6) is -0.0597. The first-order valence-electron chi connectivity index (χ1n) is 6.26. The zero-order valence-electron chi connectivity index (χ0n) is 10.9. The first-order chi connectivity index (χ1) is 9.22. The quantitative estimate of drug-likeness (QED) is 0.847. The summed E-state index contributed by atoms with van der Waals surface area (Å²) in [6, 6.07) is 9.31. The van der Waals surface area contributed by atoms with Crippen LogP contribution in [0.15, 0.2) is 42.7 Å². The van der Waals surface area contributed by atoms with Gasteiger partial charge in [0.2, 0.25) is 5.91 Å². The van der Waals surface area contributed by atoms with E-state index in [0.717, 1.165) is 11.1 Å². The van der Waals surface area contributed by atoms with E-state index in [-0.39, 0.29) is 11.9 Å². The lowest BCUT2D eigenvalue weighted by Crippen LogP contribution is -2.31. The van der Waals surface area contributed by atoms with Crippen LogP contribution in [-0.4, -0.2) is 15.7 Å². The summed E-state index contributed by atoms with van der Waals surface area (Å²) in [5.41, 5.74) is 7.76. The van der Waals surface area contributed by atoms with Gasteiger partial charge >= 0.3 is 0 Å². The summed E-state index contributed by atoms with van der Waals surface area (Å²) in [4.78, 5) is 12.0. The smallest absolute Gasteiger partial charge is 0.244 e. The van der Waals surface area contributed by atoms with Crippen molar-refractivity contribution in [3.63, 3.8) is 0 Å². The third-order valence-electron chi connectivity index (χ3n) is 3.09. The second kappa shape index (κ2) is 6.15. The van der Waals surface area contributed by atoms with E-state index in [1.807, 2.05) is 31.2 Å². The molecule has 0 bridgehead atoms. The third kappa shape index (κ3) is 3.20. The number of nitrogens with one attached hydrogen (secondary N) is 1. The van der Waals surface area contributed by atoms with E-state index in [1.54, 1.807) is 23.1 Å². The molecule has 2 rings (SSSR count). The molecule has 0 spiro atoms. The summed E-state index contributed by atoms with van der Waals surface area (Å²) >= 11 is 0. The van der Waals surface area contributed by atoms with Crippen molar-refractivity contribution in [1.82, 2.24) is 15.1 Å². The van der Waals surface area contributed by atoms with Gasteiger partial charge in [0.25, 0.3) is 0 Å². The first-order valence-corrected chi connectivity index (χ1v) is 6.26. The molecule has 19 heavy (non-hydrogen) atoms. The molecule has 0 aliphatic carbocycles. The maximum absolute atomic E-state index is 12.0. The Morgan fingerprint density at radius 1 is 1.37 bits per heavy atom. The van der Waals surface area contributed by atoms with Crippen LogP contribution in [0.2, 0.25) is 0 Å². The average molecular weight is 258 g/mol. The van der Waals surface area contributed by atoms with Gasteiger partial charge in [0.1, 0.15) is 6.04 Å². The minimum absolute atomic E-state index is 0.0597. The Bertz CT molecular complexity index is 536. The Balaban J connectivity index is 1.97. The lowest BCUT2D eigenvalue weighted by molar-refractivity contribution is -0.124. The van der Waals surface area contributed by atoms with Gasteiger partial charge in [-0.1, -0.05) is 24.3 Å². The van der Waals surface area contributed by atoms with E-state index in [0.29, 0.717) is 13.1 Å². The van der Waals surface area contributed by atoms with E-state index in [2.05, 4.69) is 10.4 Å². The Kier molecular flexibility index (Phi) is 4.30. The Hall–Kier alpha value is -2.14. The fraction of sp³-hybridized carbons (Fsp3) is 0.286. The lowest BCUT2D eigenvalue weighted by atomic mass is 10.1. The molecule has 1 amide bonds. The number of amides is 1. The monoisotopic (exact) mass is 258 g/mol. The summed E-state index contributed by atoms with van der Waals surface area (Å²) < 4.78 is 1.63. The highest BCUT2D eigenvalue weighted by molar-refractivity contribution is 5.79. The van der Waals surface area contributed by atoms with E-state index in [1.165, 1.54) is 0 Å². The fourth-order valence-electron chi connectivity index (χ4n) is 1.89. The van der Waals surface area contributed by atoms with Gasteiger partial charge in [0, 0.05) is 25.5 Å². The zero-order valence-corrected chi connectivity index (χ0v) is 10.9. The maximum Gasteiger partial charge on any atom is 0.244 e. The van der Waals surface area contributed by atoms with Gasteiger partial charge in [-0.3, -0.25) is 9.48 Å². The number of aromatic nitrogens is 2. The number of nitrogens with two attached hydrogens (primary N) is 1. The van der Waals surface area contributed by atoms with Crippen molar-refractivity contribution in [2.45, 2.75) is 26.1 Å². The van der Waals surface area contributed by atoms with Crippen LogP contribution in [-0.2, 0) is 17.9 Å². The standard InChI is InChI=1S/C14H18N4O/c1-11(18-8-4-7-17-18)14(19)16-10-13-6-3-2-5-12(13)9-15/h2-8,11H,9-10,15H2,1H3,(H,16,19). The molecule has 2 aromatic rings. The van der Waals surface area contributed by atoms with Crippen molar-refractivity contribution >= 4 is 5.91 Å². The van der Waals surface area contributed by atoms with Crippen LogP contribution in [0.3, 0.4) is 0 Å². The van der Waals surface area contributed by atoms with Gasteiger partial charge in [-0.15, -0.1) is 0 Å². The molecule has 3 N–H and O–H groups in total. The molecule has 0 radical (unpaired) electrons. The predicted octanol–water partition coefficient (Wildman–Crippen LogP) is 1.22. The zero-order chi connectivity index (χ0) is 13.7. The van der Waals surface area contributed by atoms with Gasteiger partial charge in [-0.25, -0.2) is 0 Å². The minimum Gasteiger partial charge on any atom is -0.350 e. The number of hydrogen-bond donors (Lipinski definition) is 2. The van der Waals surface area contributed by atoms with Gasteiger partial charge in [0.05, 0.1) is 0 Å². The molecule has 5 nitrogen and oxygen atoms in total. The van der Waals surface area contributed by atoms with Crippen molar-refractivity contribution in [2.24, 2.45) is 5.73 Å². The molecular weight excluding hydrogens is 240 g/mol. The summed E-state index contributed by atoms with van der Waals surface area (Å²) in [6.07, 6.45) is 3.44. The largest absolute Gasteiger partial charge is 0.350 e. The number of nitrogens with zero attached hydrogens (tertiary/aromatic N) is 2. The number of carbonyl (C=O) groups excluding carboxylic acids is 1. The van der Waals surface area contributed by atoms with Crippen LogP contribution < -0.4 is 11.1 Å². The molecule has 1 unspecified atom stereocenters. The van der Waals surface area contributed by atoms with Crippen LogP contribution in [0.4, 0.5) is 0 Å². The molecule has 1 heterocycles. The normalized spacial score (nSPS) is 12.1. The number of hydrogen-bond acceptors (Lipinski definition) is 3. The van der Waals surface area contributed by atoms with E-state index in [4.69, 9.17) is 5.73 Å². The molecule has 100 valence electrons. The maximum atomic E-state index is 12.0. The highest BCUT2D eigenvalue weighted by Gasteiger charge is 2.14. The molecule has 1 aromatic heterocycles. The Labute approximate surface area is 112 Å². The van der Waals surface area contributed by atoms with E-state index >= 15 is 0 Å². The SMILES string of the molecule is CC(C(=O)NCc1ccccc1CN)n1cccn1. The Morgan fingerprint density at radius 2 is 2.11 bits per heavy atom. The van der Waals surface area contributed by atoms with Crippen LogP contribution in [0.5, 0.6) is 0 Å². The van der Waals surface area contributed by atoms with Crippen molar-refractivity contribution in [3.05, 3.63) is 53.9 Å². The van der Waals surface area contributed by atoms with E-state index < -0.39 is 0 Å². The first kappa shape index (κ1) is 13.3. The van der Waals surface area contributed by atoms with Crippen molar-refractivity contribution in [3.8, 4) is 0 Å². The topological polar surface area (TPSA) is 72.9 Å². The van der Waals surface area contributed by atoms with Crippen LogP contribution in [0.25, 0.3) is 0 Å². The fourth-order valence-corrected chi connectivity index (χ4v) is 1.89. The van der Waals surface area contributed by atoms with Gasteiger partial charge < -0.3 is 11.1 Å². The van der Waals surface area contributed by atoms with Gasteiger partial charge in [-0.05, 0) is 24.1 Å². The van der Waals surface area contributed by atoms with Crippen molar-refractivity contribution in [2.75, 3.05) is 0 Å². The molecule has 0 aliphatic rings. The lowest BCUT2D eigenvalue weighted by Gasteiger charge is -2.14. The number of carbonyl (C=O) groups is 1. The number of benzene rings is 1. The van der Waals surface area contributed by atoms with Gasteiger partial charge in [-0.2, -0.15) is 5.10 Å². The molecule has 1 atom stereocenters. The molecule has 0 saturated heterocycles. The molecule has 0 fully saturated rings. The minimum atomic E-state index is -0.319. The highest BCUT2D eigenvalue weighted by atomic mass is 16.2. The number of rotatable bonds is 5. The second-order valence-corrected chi connectivity index (χ2v) is 4.35. The Morgan fingerprint density at radius 3 is 2.74 bits per heavy atom. The summed E-state index contributed by atoms with van der Waals surface area (Å²) in [7, 11) is 0. The average Bonchev–Trinajstić information content (AvgIpc) is 2.98. The predicted molar refractivity (Wildman–Crippen MR) is 73.1 cm³/mol. The van der Waals surface area contributed by atoms with Gasteiger partial charge in [0.15, 0.2) is 0 Å². The van der Waals surface area contributed by atoms with Crippen LogP contribution in [0, 0.1) is 0 Å². The molecular formula is C14H18N4O. The summed E-state index contributed by atoms with van der Waals surface area (Å²) in [5, 5.41) is 6.97. The highest BCUT2D eigenvalue weighted by Crippen LogP contribution is 2.09. The van der Waals surface area contributed by atoms with Crippen molar-refractivity contribution in [1.29, 1.82) is 0 Å².